The van der Waals surface area contributed by atoms with Crippen LogP contribution in [0.15, 0.2) is 30.3 Å². The molecule has 3 amide bonds. The lowest BCUT2D eigenvalue weighted by Crippen LogP contribution is -2.48. The summed E-state index contributed by atoms with van der Waals surface area (Å²) in [6, 6.07) is 8.91. The van der Waals surface area contributed by atoms with Crippen molar-refractivity contribution >= 4 is 17.7 Å². The number of hydroxylamine groups is 1. The van der Waals surface area contributed by atoms with Gasteiger partial charge in [0.15, 0.2) is 0 Å². The topological polar surface area (TPSA) is 108 Å². The molecule has 156 valence electrons. The Kier molecular flexibility index (Phi) is 11.6. The summed E-state index contributed by atoms with van der Waals surface area (Å²) in [4.78, 5) is 36.8. The molecule has 0 spiro atoms. The fraction of sp³-hybridized carbons (Fsp3) is 0.571. The molecule has 0 aliphatic rings. The van der Waals surface area contributed by atoms with Crippen molar-refractivity contribution in [3.05, 3.63) is 35.9 Å². The molecule has 7 nitrogen and oxygen atoms in total. The van der Waals surface area contributed by atoms with E-state index in [0.29, 0.717) is 19.4 Å². The Morgan fingerprint density at radius 2 is 1.68 bits per heavy atom. The van der Waals surface area contributed by atoms with Gasteiger partial charge in [0.2, 0.25) is 17.7 Å². The maximum atomic E-state index is 12.7. The Labute approximate surface area is 167 Å². The summed E-state index contributed by atoms with van der Waals surface area (Å²) in [5.41, 5.74) is 2.56. The number of hydrogen-bond donors (Lipinski definition) is 4. The highest BCUT2D eigenvalue weighted by molar-refractivity contribution is 5.90. The molecule has 0 heterocycles. The van der Waals surface area contributed by atoms with Gasteiger partial charge in [-0.15, -0.1) is 0 Å². The highest BCUT2D eigenvalue weighted by Crippen LogP contribution is 2.15. The summed E-state index contributed by atoms with van der Waals surface area (Å²) >= 11 is 0. The second-order valence-corrected chi connectivity index (χ2v) is 6.99. The Bertz CT molecular complexity index is 607. The van der Waals surface area contributed by atoms with E-state index >= 15 is 0 Å². The summed E-state index contributed by atoms with van der Waals surface area (Å²) < 4.78 is 0. The van der Waals surface area contributed by atoms with Crippen LogP contribution < -0.4 is 16.1 Å². The fourth-order valence-electron chi connectivity index (χ4n) is 2.99. The average molecular weight is 392 g/mol. The lowest BCUT2D eigenvalue weighted by Gasteiger charge is -2.22. The van der Waals surface area contributed by atoms with E-state index in [1.54, 1.807) is 5.48 Å². The van der Waals surface area contributed by atoms with Crippen LogP contribution >= 0.6 is 0 Å². The van der Waals surface area contributed by atoms with Gasteiger partial charge in [-0.3, -0.25) is 19.6 Å². The zero-order valence-corrected chi connectivity index (χ0v) is 16.9. The Morgan fingerprint density at radius 1 is 0.964 bits per heavy atom. The minimum Gasteiger partial charge on any atom is -0.350 e. The molecule has 0 aliphatic heterocycles. The predicted octanol–water partition coefficient (Wildman–Crippen LogP) is 2.68. The Balaban J connectivity index is 2.69. The zero-order chi connectivity index (χ0) is 20.8. The summed E-state index contributed by atoms with van der Waals surface area (Å²) in [5.74, 6) is -1.73. The van der Waals surface area contributed by atoms with E-state index in [1.807, 2.05) is 37.3 Å². The molecule has 0 fully saturated rings. The van der Waals surface area contributed by atoms with Crippen molar-refractivity contribution in [2.75, 3.05) is 0 Å². The first-order chi connectivity index (χ1) is 13.5. The second kappa shape index (κ2) is 13.7. The molecule has 28 heavy (non-hydrogen) atoms. The van der Waals surface area contributed by atoms with Gasteiger partial charge in [-0.2, -0.15) is 0 Å². The number of hydrogen-bond acceptors (Lipinski definition) is 4. The van der Waals surface area contributed by atoms with Crippen molar-refractivity contribution in [1.82, 2.24) is 16.1 Å². The normalized spacial score (nSPS) is 12.7. The van der Waals surface area contributed by atoms with Crippen molar-refractivity contribution in [1.29, 1.82) is 0 Å². The summed E-state index contributed by atoms with van der Waals surface area (Å²) in [5, 5.41) is 14.4. The number of carbonyl (C=O) groups excluding carboxylic acids is 3. The van der Waals surface area contributed by atoms with Crippen molar-refractivity contribution < 1.29 is 19.6 Å². The highest BCUT2D eigenvalue weighted by Gasteiger charge is 2.26. The lowest BCUT2D eigenvalue weighted by atomic mass is 9.95. The first-order valence-corrected chi connectivity index (χ1v) is 10.1. The van der Waals surface area contributed by atoms with Gasteiger partial charge in [-0.25, -0.2) is 5.48 Å². The van der Waals surface area contributed by atoms with E-state index < -0.39 is 17.9 Å². The van der Waals surface area contributed by atoms with Gasteiger partial charge < -0.3 is 10.6 Å². The molecule has 4 N–H and O–H groups in total. The maximum Gasteiger partial charge on any atom is 0.244 e. The summed E-state index contributed by atoms with van der Waals surface area (Å²) in [6.07, 6.45) is 4.46. The monoisotopic (exact) mass is 391 g/mol. The van der Waals surface area contributed by atoms with Crippen LogP contribution in [0.1, 0.15) is 64.4 Å². The van der Waals surface area contributed by atoms with Crippen LogP contribution in [0.3, 0.4) is 0 Å². The number of benzene rings is 1. The molecule has 0 radical (unpaired) electrons. The van der Waals surface area contributed by atoms with E-state index in [0.717, 1.165) is 31.2 Å². The van der Waals surface area contributed by atoms with E-state index in [2.05, 4.69) is 17.6 Å². The molecule has 1 aromatic rings. The Morgan fingerprint density at radius 3 is 2.29 bits per heavy atom. The minimum atomic E-state index is -0.646. The summed E-state index contributed by atoms with van der Waals surface area (Å²) in [7, 11) is 0. The third-order valence-corrected chi connectivity index (χ3v) is 4.60. The van der Waals surface area contributed by atoms with Crippen LogP contribution in [-0.2, 0) is 20.9 Å². The molecule has 0 aliphatic carbocycles. The average Bonchev–Trinajstić information content (AvgIpc) is 2.71. The van der Waals surface area contributed by atoms with Gasteiger partial charge in [0, 0.05) is 18.9 Å². The van der Waals surface area contributed by atoms with Gasteiger partial charge >= 0.3 is 0 Å². The largest absolute Gasteiger partial charge is 0.350 e. The molecule has 1 rings (SSSR count). The lowest BCUT2D eigenvalue weighted by molar-refractivity contribution is -0.136. The van der Waals surface area contributed by atoms with Crippen molar-refractivity contribution in [2.45, 2.75) is 71.4 Å². The molecule has 1 aromatic carbocycles. The standard InChI is InChI=1S/C21H33N3O4/c1-3-5-7-13-17(14-19(25)24-28)20(26)23-18(10-4-2)21(27)22-15-16-11-8-6-9-12-16/h6,8-9,11-12,17-18,28H,3-5,7,10,13-15H2,1-2H3,(H,22,27)(H,23,26)(H,24,25)/t17-,18+/m0/s1. The SMILES string of the molecule is CCCCC[C@@H](CC(=O)NO)C(=O)N[C@H](CCC)C(=O)NCc1ccccc1. The zero-order valence-electron chi connectivity index (χ0n) is 16.9. The quantitative estimate of drug-likeness (QED) is 0.235. The fourth-order valence-corrected chi connectivity index (χ4v) is 2.99. The molecule has 0 saturated carbocycles. The van der Waals surface area contributed by atoms with E-state index in [-0.39, 0.29) is 18.2 Å². The van der Waals surface area contributed by atoms with Crippen molar-refractivity contribution in [2.24, 2.45) is 5.92 Å². The predicted molar refractivity (Wildman–Crippen MR) is 107 cm³/mol. The van der Waals surface area contributed by atoms with Crippen LogP contribution in [0.2, 0.25) is 0 Å². The van der Waals surface area contributed by atoms with Gasteiger partial charge in [0.25, 0.3) is 0 Å². The molecule has 7 heteroatoms. The number of nitrogens with one attached hydrogen (secondary N) is 3. The van der Waals surface area contributed by atoms with Crippen molar-refractivity contribution in [3.8, 4) is 0 Å². The van der Waals surface area contributed by atoms with E-state index in [9.17, 15) is 14.4 Å². The molecule has 2 atom stereocenters. The highest BCUT2D eigenvalue weighted by atomic mass is 16.5. The number of rotatable bonds is 13. The van der Waals surface area contributed by atoms with Crippen LogP contribution in [0, 0.1) is 5.92 Å². The smallest absolute Gasteiger partial charge is 0.244 e. The summed E-state index contributed by atoms with van der Waals surface area (Å²) in [6.45, 7) is 4.40. The van der Waals surface area contributed by atoms with Crippen LogP contribution in [0.4, 0.5) is 0 Å². The molecule has 0 saturated heterocycles. The Hall–Kier alpha value is -2.41. The minimum absolute atomic E-state index is 0.101. The maximum absolute atomic E-state index is 12.7. The third-order valence-electron chi connectivity index (χ3n) is 4.60. The molecular formula is C21H33N3O4. The van der Waals surface area contributed by atoms with Crippen LogP contribution in [0.5, 0.6) is 0 Å². The second-order valence-electron chi connectivity index (χ2n) is 6.99. The van der Waals surface area contributed by atoms with Crippen molar-refractivity contribution in [3.63, 3.8) is 0 Å². The van der Waals surface area contributed by atoms with Gasteiger partial charge in [0.05, 0.1) is 0 Å². The molecule has 0 bridgehead atoms. The molecule has 0 aromatic heterocycles. The van der Waals surface area contributed by atoms with Crippen LogP contribution in [0.25, 0.3) is 0 Å². The van der Waals surface area contributed by atoms with E-state index in [4.69, 9.17) is 5.21 Å². The van der Waals surface area contributed by atoms with Gasteiger partial charge in [-0.05, 0) is 18.4 Å². The third kappa shape index (κ3) is 8.99. The molecular weight excluding hydrogens is 358 g/mol. The van der Waals surface area contributed by atoms with Gasteiger partial charge in [0.1, 0.15) is 6.04 Å². The van der Waals surface area contributed by atoms with E-state index in [1.165, 1.54) is 0 Å². The van der Waals surface area contributed by atoms with Gasteiger partial charge in [-0.1, -0.05) is 69.9 Å². The number of unbranched alkanes of at least 4 members (excludes halogenated alkanes) is 2. The molecule has 0 unspecified atom stereocenters. The number of amides is 3. The number of carbonyl (C=O) groups is 3. The first-order valence-electron chi connectivity index (χ1n) is 10.1. The van der Waals surface area contributed by atoms with Crippen LogP contribution in [-0.4, -0.2) is 29.0 Å². The first kappa shape index (κ1) is 23.6.